The number of hydrogen-bond acceptors (Lipinski definition) is 5. The lowest BCUT2D eigenvalue weighted by atomic mass is 9.72. The van der Waals surface area contributed by atoms with Gasteiger partial charge < -0.3 is 19.5 Å². The third kappa shape index (κ3) is 3.41. The van der Waals surface area contributed by atoms with Crippen molar-refractivity contribution >= 4 is 6.03 Å². The minimum atomic E-state index is -0.308. The van der Waals surface area contributed by atoms with Gasteiger partial charge in [-0.25, -0.2) is 9.18 Å². The molecule has 0 saturated carbocycles. The van der Waals surface area contributed by atoms with Crippen LogP contribution in [0.2, 0.25) is 0 Å². The van der Waals surface area contributed by atoms with Gasteiger partial charge in [-0.1, -0.05) is 5.16 Å². The molecule has 0 radical (unpaired) electrons. The first-order valence-electron chi connectivity index (χ1n) is 9.31. The number of amides is 2. The van der Waals surface area contributed by atoms with Gasteiger partial charge in [0.05, 0.1) is 5.92 Å². The van der Waals surface area contributed by atoms with E-state index < -0.39 is 0 Å². The molecule has 1 aromatic carbocycles. The number of ether oxygens (including phenoxy) is 1. The lowest BCUT2D eigenvalue weighted by molar-refractivity contribution is 0.00943. The Bertz CT molecular complexity index is 802. The van der Waals surface area contributed by atoms with Crippen molar-refractivity contribution in [1.29, 1.82) is 0 Å². The molecule has 0 aliphatic carbocycles. The molecule has 2 aliphatic rings. The van der Waals surface area contributed by atoms with Crippen LogP contribution in [0.3, 0.4) is 0 Å². The Kier molecular flexibility index (Phi) is 4.82. The molecular formula is C19H23FN4O3. The zero-order valence-electron chi connectivity index (χ0n) is 15.3. The predicted molar refractivity (Wildman–Crippen MR) is 95.6 cm³/mol. The molecule has 1 atom stereocenters. The molecule has 0 bridgehead atoms. The van der Waals surface area contributed by atoms with Gasteiger partial charge in [0.25, 0.3) is 0 Å². The first-order chi connectivity index (χ1) is 13.1. The zero-order valence-corrected chi connectivity index (χ0v) is 15.3. The number of urea groups is 1. The van der Waals surface area contributed by atoms with Crippen molar-refractivity contribution in [3.8, 4) is 11.4 Å². The van der Waals surface area contributed by atoms with Crippen LogP contribution in [0.1, 0.15) is 31.6 Å². The molecule has 4 rings (SSSR count). The van der Waals surface area contributed by atoms with E-state index in [4.69, 9.17) is 9.26 Å². The van der Waals surface area contributed by atoms with Crippen molar-refractivity contribution in [2.75, 3.05) is 32.8 Å². The number of likely N-dealkylation sites (tertiary alicyclic amines) is 1. The van der Waals surface area contributed by atoms with Crippen molar-refractivity contribution in [1.82, 2.24) is 20.4 Å². The molecule has 2 amide bonds. The van der Waals surface area contributed by atoms with Crippen molar-refractivity contribution in [3.05, 3.63) is 36.0 Å². The second kappa shape index (κ2) is 7.26. The van der Waals surface area contributed by atoms with Gasteiger partial charge in [-0.3, -0.25) is 0 Å². The molecule has 8 heteroatoms. The summed E-state index contributed by atoms with van der Waals surface area (Å²) < 4.78 is 24.3. The van der Waals surface area contributed by atoms with E-state index in [1.807, 2.05) is 11.8 Å². The SMILES string of the molecule is CCNC(=O)N1C[C@@H](c2nc(-c3ccc(F)cc3)no2)C2(CCOCC2)C1. The molecule has 0 unspecified atom stereocenters. The second-order valence-electron chi connectivity index (χ2n) is 7.21. The van der Waals surface area contributed by atoms with E-state index in [9.17, 15) is 9.18 Å². The number of benzene rings is 1. The molecule has 27 heavy (non-hydrogen) atoms. The number of nitrogens with zero attached hydrogens (tertiary/aromatic N) is 3. The molecule has 1 spiro atoms. The predicted octanol–water partition coefficient (Wildman–Crippen LogP) is 2.80. The smallest absolute Gasteiger partial charge is 0.317 e. The van der Waals surface area contributed by atoms with Crippen LogP contribution < -0.4 is 5.32 Å². The summed E-state index contributed by atoms with van der Waals surface area (Å²) >= 11 is 0. The largest absolute Gasteiger partial charge is 0.381 e. The first kappa shape index (κ1) is 17.9. The number of rotatable bonds is 3. The van der Waals surface area contributed by atoms with E-state index >= 15 is 0 Å². The van der Waals surface area contributed by atoms with Gasteiger partial charge in [0.1, 0.15) is 5.82 Å². The summed E-state index contributed by atoms with van der Waals surface area (Å²) in [5, 5.41) is 6.96. The van der Waals surface area contributed by atoms with Crippen LogP contribution in [-0.4, -0.2) is 53.9 Å². The highest BCUT2D eigenvalue weighted by Gasteiger charge is 2.51. The minimum Gasteiger partial charge on any atom is -0.381 e. The maximum absolute atomic E-state index is 13.2. The number of carbonyl (C=O) groups excluding carboxylic acids is 1. The standard InChI is InChI=1S/C19H23FN4O3/c1-2-21-18(25)24-11-15(19(12-24)7-9-26-10-8-19)17-22-16(23-27-17)13-3-5-14(20)6-4-13/h3-6,15H,2,7-12H2,1H3,(H,21,25)/t15-/m0/s1. The summed E-state index contributed by atoms with van der Waals surface area (Å²) in [7, 11) is 0. The van der Waals surface area contributed by atoms with Crippen LogP contribution in [0.4, 0.5) is 9.18 Å². The van der Waals surface area contributed by atoms with Crippen molar-refractivity contribution in [2.45, 2.75) is 25.7 Å². The fraction of sp³-hybridized carbons (Fsp3) is 0.526. The van der Waals surface area contributed by atoms with Gasteiger partial charge in [-0.2, -0.15) is 4.98 Å². The van der Waals surface area contributed by atoms with Gasteiger partial charge in [0.15, 0.2) is 0 Å². The topological polar surface area (TPSA) is 80.5 Å². The number of aromatic nitrogens is 2. The highest BCUT2D eigenvalue weighted by Crippen LogP contribution is 2.49. The Morgan fingerprint density at radius 1 is 1.33 bits per heavy atom. The van der Waals surface area contributed by atoms with Crippen LogP contribution >= 0.6 is 0 Å². The lowest BCUT2D eigenvalue weighted by Crippen LogP contribution is -2.41. The zero-order chi connectivity index (χ0) is 18.9. The average molecular weight is 374 g/mol. The van der Waals surface area contributed by atoms with Crippen molar-refractivity contribution in [2.24, 2.45) is 5.41 Å². The maximum atomic E-state index is 13.2. The van der Waals surface area contributed by atoms with Crippen LogP contribution in [0, 0.1) is 11.2 Å². The van der Waals surface area contributed by atoms with Crippen LogP contribution in [0.15, 0.2) is 28.8 Å². The molecule has 2 aliphatic heterocycles. The Balaban J connectivity index is 1.62. The summed E-state index contributed by atoms with van der Waals surface area (Å²) in [5.74, 6) is 0.620. The van der Waals surface area contributed by atoms with Crippen LogP contribution in [0.25, 0.3) is 11.4 Å². The summed E-state index contributed by atoms with van der Waals surface area (Å²) in [6.45, 7) is 5.02. The highest BCUT2D eigenvalue weighted by atomic mass is 19.1. The average Bonchev–Trinajstić information content (AvgIpc) is 3.29. The van der Waals surface area contributed by atoms with Gasteiger partial charge in [-0.15, -0.1) is 0 Å². The lowest BCUT2D eigenvalue weighted by Gasteiger charge is -2.36. The molecule has 7 nitrogen and oxygen atoms in total. The van der Waals surface area contributed by atoms with Gasteiger partial charge in [0, 0.05) is 43.8 Å². The van der Waals surface area contributed by atoms with E-state index in [1.165, 1.54) is 12.1 Å². The summed E-state index contributed by atoms with van der Waals surface area (Å²) in [6, 6.07) is 5.94. The van der Waals surface area contributed by atoms with E-state index in [1.54, 1.807) is 12.1 Å². The molecule has 2 aromatic rings. The first-order valence-corrected chi connectivity index (χ1v) is 9.31. The van der Waals surface area contributed by atoms with Crippen molar-refractivity contribution < 1.29 is 18.4 Å². The third-order valence-corrected chi connectivity index (χ3v) is 5.59. The highest BCUT2D eigenvalue weighted by molar-refractivity contribution is 5.74. The fourth-order valence-electron chi connectivity index (χ4n) is 4.10. The van der Waals surface area contributed by atoms with Crippen LogP contribution in [-0.2, 0) is 4.74 Å². The second-order valence-corrected chi connectivity index (χ2v) is 7.21. The Morgan fingerprint density at radius 3 is 2.78 bits per heavy atom. The summed E-state index contributed by atoms with van der Waals surface area (Å²) in [6.07, 6.45) is 1.70. The molecule has 1 aromatic heterocycles. The summed E-state index contributed by atoms with van der Waals surface area (Å²) in [5.41, 5.74) is 0.585. The maximum Gasteiger partial charge on any atom is 0.317 e. The summed E-state index contributed by atoms with van der Waals surface area (Å²) in [4.78, 5) is 18.8. The Hall–Kier alpha value is -2.48. The number of nitrogens with one attached hydrogen (secondary N) is 1. The van der Waals surface area contributed by atoms with Gasteiger partial charge in [-0.05, 0) is 44.0 Å². The normalized spacial score (nSPS) is 21.6. The molecule has 2 fully saturated rings. The fourth-order valence-corrected chi connectivity index (χ4v) is 4.10. The number of halogens is 1. The van der Waals surface area contributed by atoms with Crippen LogP contribution in [0.5, 0.6) is 0 Å². The third-order valence-electron chi connectivity index (χ3n) is 5.59. The molecule has 144 valence electrons. The Labute approximate surface area is 156 Å². The Morgan fingerprint density at radius 2 is 2.07 bits per heavy atom. The minimum absolute atomic E-state index is 0.0364. The molecule has 1 N–H and O–H groups in total. The van der Waals surface area contributed by atoms with E-state index in [2.05, 4.69) is 15.5 Å². The molecule has 3 heterocycles. The van der Waals surface area contributed by atoms with E-state index in [-0.39, 0.29) is 23.2 Å². The van der Waals surface area contributed by atoms with E-state index in [0.29, 0.717) is 50.1 Å². The molecule has 2 saturated heterocycles. The number of hydrogen-bond donors (Lipinski definition) is 1. The monoisotopic (exact) mass is 374 g/mol. The molecular weight excluding hydrogens is 351 g/mol. The van der Waals surface area contributed by atoms with Gasteiger partial charge in [0.2, 0.25) is 11.7 Å². The van der Waals surface area contributed by atoms with Crippen molar-refractivity contribution in [3.63, 3.8) is 0 Å². The van der Waals surface area contributed by atoms with E-state index in [0.717, 1.165) is 12.8 Å². The van der Waals surface area contributed by atoms with Gasteiger partial charge >= 0.3 is 6.03 Å². The number of carbonyl (C=O) groups is 1. The quantitative estimate of drug-likeness (QED) is 0.894.